The smallest absolute Gasteiger partial charge is 0.185 e. The number of likely N-dealkylation sites (N-methyl/N-ethyl adjacent to an activating group) is 1. The maximum atomic E-state index is 5.88. The molecule has 0 bridgehead atoms. The van der Waals surface area contributed by atoms with E-state index < -0.39 is 0 Å². The molecule has 2 rings (SSSR count). The molecule has 0 saturated carbocycles. The Kier molecular flexibility index (Phi) is 3.75. The van der Waals surface area contributed by atoms with Crippen LogP contribution >= 0.6 is 11.3 Å². The average Bonchev–Trinajstić information content (AvgIpc) is 2.78. The number of hydrogen-bond acceptors (Lipinski definition) is 6. The molecular weight excluding hydrogens is 222 g/mol. The fourth-order valence-corrected chi connectivity index (χ4v) is 2.69. The van der Waals surface area contributed by atoms with Crippen molar-refractivity contribution in [2.45, 2.75) is 6.04 Å². The molecule has 1 unspecified atom stereocenters. The Morgan fingerprint density at radius 2 is 2.12 bits per heavy atom. The Morgan fingerprint density at radius 3 is 2.75 bits per heavy atom. The molecule has 0 amide bonds. The predicted molar refractivity (Wildman–Crippen MR) is 67.8 cm³/mol. The number of nitrogens with two attached hydrogens (primary N) is 2. The van der Waals surface area contributed by atoms with Crippen molar-refractivity contribution in [1.29, 1.82) is 0 Å². The van der Waals surface area contributed by atoms with Crippen LogP contribution in [-0.4, -0.2) is 49.7 Å². The Bertz CT molecular complexity index is 332. The summed E-state index contributed by atoms with van der Waals surface area (Å²) in [6.45, 7) is 4.75. The monoisotopic (exact) mass is 241 g/mol. The van der Waals surface area contributed by atoms with E-state index in [-0.39, 0.29) is 6.04 Å². The van der Waals surface area contributed by atoms with Crippen LogP contribution in [0.25, 0.3) is 0 Å². The van der Waals surface area contributed by atoms with E-state index in [1.54, 1.807) is 11.3 Å². The number of aromatic nitrogens is 1. The lowest BCUT2D eigenvalue weighted by atomic mass is 10.3. The van der Waals surface area contributed by atoms with Gasteiger partial charge in [-0.25, -0.2) is 4.98 Å². The molecule has 90 valence electrons. The zero-order valence-corrected chi connectivity index (χ0v) is 10.4. The van der Waals surface area contributed by atoms with Crippen LogP contribution in [0.1, 0.15) is 10.9 Å². The Labute approximate surface area is 100 Å². The van der Waals surface area contributed by atoms with Crippen molar-refractivity contribution < 1.29 is 0 Å². The average molecular weight is 241 g/mol. The molecule has 0 radical (unpaired) electrons. The zero-order valence-electron chi connectivity index (χ0n) is 9.59. The zero-order chi connectivity index (χ0) is 11.5. The number of thiazole rings is 1. The number of piperazine rings is 1. The minimum atomic E-state index is -0.0706. The van der Waals surface area contributed by atoms with E-state index in [9.17, 15) is 0 Å². The highest BCUT2D eigenvalue weighted by Gasteiger charge is 2.18. The lowest BCUT2D eigenvalue weighted by Crippen LogP contribution is -2.44. The van der Waals surface area contributed by atoms with E-state index in [2.05, 4.69) is 21.8 Å². The van der Waals surface area contributed by atoms with E-state index in [4.69, 9.17) is 11.5 Å². The van der Waals surface area contributed by atoms with E-state index in [0.717, 1.165) is 36.2 Å². The van der Waals surface area contributed by atoms with Crippen molar-refractivity contribution in [3.63, 3.8) is 0 Å². The Balaban J connectivity index is 2.01. The third-order valence-electron chi connectivity index (χ3n) is 2.90. The van der Waals surface area contributed by atoms with Crippen molar-refractivity contribution >= 4 is 16.5 Å². The van der Waals surface area contributed by atoms with Crippen molar-refractivity contribution in [2.24, 2.45) is 11.5 Å². The molecular formula is C10H19N5S. The molecule has 1 atom stereocenters. The van der Waals surface area contributed by atoms with Gasteiger partial charge in [0, 0.05) is 43.8 Å². The minimum absolute atomic E-state index is 0.0706. The van der Waals surface area contributed by atoms with Crippen LogP contribution in [0.4, 0.5) is 5.13 Å². The molecule has 5 nitrogen and oxygen atoms in total. The topological polar surface area (TPSA) is 71.4 Å². The van der Waals surface area contributed by atoms with Gasteiger partial charge < -0.3 is 21.3 Å². The van der Waals surface area contributed by atoms with Crippen LogP contribution in [0.5, 0.6) is 0 Å². The van der Waals surface area contributed by atoms with Gasteiger partial charge in [0.25, 0.3) is 0 Å². The van der Waals surface area contributed by atoms with Crippen molar-refractivity contribution in [3.8, 4) is 0 Å². The number of rotatable bonds is 3. The summed E-state index contributed by atoms with van der Waals surface area (Å²) in [4.78, 5) is 10.2. The first-order chi connectivity index (χ1) is 7.70. The highest BCUT2D eigenvalue weighted by atomic mass is 32.1. The van der Waals surface area contributed by atoms with E-state index in [0.29, 0.717) is 6.54 Å². The molecule has 0 aromatic carbocycles. The van der Waals surface area contributed by atoms with Crippen LogP contribution in [0.15, 0.2) is 6.20 Å². The highest BCUT2D eigenvalue weighted by Crippen LogP contribution is 2.26. The molecule has 6 heteroatoms. The van der Waals surface area contributed by atoms with Gasteiger partial charge in [0.1, 0.15) is 0 Å². The van der Waals surface area contributed by atoms with Gasteiger partial charge in [0.2, 0.25) is 0 Å². The van der Waals surface area contributed by atoms with Gasteiger partial charge in [-0.1, -0.05) is 0 Å². The minimum Gasteiger partial charge on any atom is -0.346 e. The predicted octanol–water partition coefficient (Wildman–Crippen LogP) is -0.147. The largest absolute Gasteiger partial charge is 0.346 e. The van der Waals surface area contributed by atoms with E-state index in [1.807, 2.05) is 6.20 Å². The van der Waals surface area contributed by atoms with Crippen molar-refractivity contribution in [1.82, 2.24) is 9.88 Å². The van der Waals surface area contributed by atoms with E-state index >= 15 is 0 Å². The third kappa shape index (κ3) is 2.52. The molecule has 1 aliphatic heterocycles. The molecule has 2 heterocycles. The molecule has 1 fully saturated rings. The second-order valence-electron chi connectivity index (χ2n) is 4.18. The first-order valence-electron chi connectivity index (χ1n) is 5.55. The second-order valence-corrected chi connectivity index (χ2v) is 5.22. The Hall–Kier alpha value is -0.690. The van der Waals surface area contributed by atoms with Gasteiger partial charge in [0.15, 0.2) is 5.13 Å². The van der Waals surface area contributed by atoms with Crippen LogP contribution in [0, 0.1) is 0 Å². The molecule has 4 N–H and O–H groups in total. The molecule has 16 heavy (non-hydrogen) atoms. The Morgan fingerprint density at radius 1 is 1.44 bits per heavy atom. The van der Waals surface area contributed by atoms with Crippen molar-refractivity contribution in [2.75, 3.05) is 44.7 Å². The second kappa shape index (κ2) is 5.09. The SMILES string of the molecule is CN1CCN(c2ncc(C(N)CN)s2)CC1. The number of hydrogen-bond donors (Lipinski definition) is 2. The number of anilines is 1. The summed E-state index contributed by atoms with van der Waals surface area (Å²) in [5.74, 6) is 0. The van der Waals surface area contributed by atoms with E-state index in [1.165, 1.54) is 0 Å². The fraction of sp³-hybridized carbons (Fsp3) is 0.700. The number of nitrogens with zero attached hydrogens (tertiary/aromatic N) is 3. The van der Waals surface area contributed by atoms with Gasteiger partial charge in [-0.05, 0) is 7.05 Å². The van der Waals surface area contributed by atoms with Crippen LogP contribution in [0.3, 0.4) is 0 Å². The summed E-state index contributed by atoms with van der Waals surface area (Å²) in [6, 6.07) is -0.0706. The van der Waals surface area contributed by atoms with Gasteiger partial charge in [-0.15, -0.1) is 11.3 Å². The van der Waals surface area contributed by atoms with Crippen LogP contribution in [0.2, 0.25) is 0 Å². The summed E-state index contributed by atoms with van der Waals surface area (Å²) in [6.07, 6.45) is 1.86. The maximum absolute atomic E-state index is 5.88. The lowest BCUT2D eigenvalue weighted by Gasteiger charge is -2.32. The lowest BCUT2D eigenvalue weighted by molar-refractivity contribution is 0.313. The van der Waals surface area contributed by atoms with Crippen LogP contribution in [-0.2, 0) is 0 Å². The van der Waals surface area contributed by atoms with Gasteiger partial charge in [-0.2, -0.15) is 0 Å². The summed E-state index contributed by atoms with van der Waals surface area (Å²) >= 11 is 1.66. The molecule has 1 aromatic heterocycles. The molecule has 1 aliphatic rings. The summed E-state index contributed by atoms with van der Waals surface area (Å²) in [7, 11) is 2.15. The molecule has 1 aromatic rings. The quantitative estimate of drug-likeness (QED) is 0.770. The molecule has 0 aliphatic carbocycles. The highest BCUT2D eigenvalue weighted by molar-refractivity contribution is 7.15. The van der Waals surface area contributed by atoms with Gasteiger partial charge in [-0.3, -0.25) is 0 Å². The molecule has 1 saturated heterocycles. The normalized spacial score (nSPS) is 20.1. The maximum Gasteiger partial charge on any atom is 0.185 e. The summed E-state index contributed by atoms with van der Waals surface area (Å²) in [5, 5.41) is 1.08. The molecule has 0 spiro atoms. The van der Waals surface area contributed by atoms with Crippen molar-refractivity contribution in [3.05, 3.63) is 11.1 Å². The summed E-state index contributed by atoms with van der Waals surface area (Å²) < 4.78 is 0. The van der Waals surface area contributed by atoms with Gasteiger partial charge in [0.05, 0.1) is 6.04 Å². The first kappa shape index (κ1) is 11.8. The fourth-order valence-electron chi connectivity index (χ4n) is 1.71. The third-order valence-corrected chi connectivity index (χ3v) is 4.09. The van der Waals surface area contributed by atoms with Crippen LogP contribution < -0.4 is 16.4 Å². The standard InChI is InChI=1S/C10H19N5S/c1-14-2-4-15(5-3-14)10-13-7-9(16-10)8(12)6-11/h7-8H,2-6,11-12H2,1H3. The first-order valence-corrected chi connectivity index (χ1v) is 6.37. The summed E-state index contributed by atoms with van der Waals surface area (Å²) in [5.41, 5.74) is 11.4. The van der Waals surface area contributed by atoms with Gasteiger partial charge >= 0.3 is 0 Å².